The van der Waals surface area contributed by atoms with Gasteiger partial charge in [0.05, 0.1) is 6.54 Å². The molecule has 2 aromatic rings. The first-order valence-corrected chi connectivity index (χ1v) is 8.88. The Morgan fingerprint density at radius 1 is 1.12 bits per heavy atom. The van der Waals surface area contributed by atoms with Crippen LogP contribution in [0.4, 0.5) is 0 Å². The fourth-order valence-corrected chi connectivity index (χ4v) is 3.44. The molecule has 1 aliphatic heterocycles. The topological polar surface area (TPSA) is 49.4 Å². The quantitative estimate of drug-likeness (QED) is 0.893. The Balaban J connectivity index is 1.56. The zero-order valence-corrected chi connectivity index (χ0v) is 14.7. The molecule has 0 aromatic heterocycles. The van der Waals surface area contributed by atoms with Gasteiger partial charge in [0.2, 0.25) is 5.91 Å². The lowest BCUT2D eigenvalue weighted by molar-refractivity contribution is -0.130. The Hall–Kier alpha value is -2.33. The number of nitrogens with zero attached hydrogens (tertiary/aromatic N) is 1. The van der Waals surface area contributed by atoms with Crippen molar-refractivity contribution >= 4 is 23.4 Å². The van der Waals surface area contributed by atoms with Crippen molar-refractivity contribution < 1.29 is 9.59 Å². The molecule has 0 saturated carbocycles. The molecule has 1 heterocycles. The van der Waals surface area contributed by atoms with E-state index in [4.69, 9.17) is 11.6 Å². The molecular formula is C20H21ClN2O2. The van der Waals surface area contributed by atoms with E-state index in [0.717, 1.165) is 25.8 Å². The Kier molecular flexibility index (Phi) is 5.71. The maximum absolute atomic E-state index is 12.5. The van der Waals surface area contributed by atoms with E-state index in [1.54, 1.807) is 24.3 Å². The summed E-state index contributed by atoms with van der Waals surface area (Å²) in [6, 6.07) is 17.1. The van der Waals surface area contributed by atoms with Gasteiger partial charge in [-0.05, 0) is 43.0 Å². The van der Waals surface area contributed by atoms with E-state index in [1.807, 2.05) is 23.1 Å². The second kappa shape index (κ2) is 8.17. The summed E-state index contributed by atoms with van der Waals surface area (Å²) >= 11 is 5.90. The van der Waals surface area contributed by atoms with Crippen molar-refractivity contribution in [2.45, 2.75) is 25.3 Å². The summed E-state index contributed by atoms with van der Waals surface area (Å²) in [5, 5.41) is 3.20. The monoisotopic (exact) mass is 356 g/mol. The van der Waals surface area contributed by atoms with Gasteiger partial charge in [-0.15, -0.1) is 0 Å². The summed E-state index contributed by atoms with van der Waals surface area (Å²) in [6.45, 7) is 0.764. The van der Waals surface area contributed by atoms with Crippen molar-refractivity contribution in [3.63, 3.8) is 0 Å². The largest absolute Gasteiger partial charge is 0.343 e. The Labute approximate surface area is 152 Å². The molecule has 1 saturated heterocycles. The molecule has 1 N–H and O–H groups in total. The predicted molar refractivity (Wildman–Crippen MR) is 98.7 cm³/mol. The molecule has 1 aliphatic rings. The Morgan fingerprint density at radius 2 is 1.92 bits per heavy atom. The minimum Gasteiger partial charge on any atom is -0.343 e. The molecule has 0 bridgehead atoms. The normalized spacial score (nSPS) is 16.7. The third kappa shape index (κ3) is 4.60. The van der Waals surface area contributed by atoms with Crippen molar-refractivity contribution in [2.24, 2.45) is 0 Å². The van der Waals surface area contributed by atoms with E-state index in [0.29, 0.717) is 10.6 Å². The Morgan fingerprint density at radius 3 is 2.68 bits per heavy atom. The number of hydrogen-bond donors (Lipinski definition) is 1. The van der Waals surface area contributed by atoms with Crippen LogP contribution >= 0.6 is 11.6 Å². The number of benzene rings is 2. The first-order valence-electron chi connectivity index (χ1n) is 8.50. The molecule has 2 aromatic carbocycles. The zero-order chi connectivity index (χ0) is 17.6. The molecule has 1 unspecified atom stereocenters. The lowest BCUT2D eigenvalue weighted by atomic mass is 10.0. The van der Waals surface area contributed by atoms with Gasteiger partial charge in [-0.2, -0.15) is 0 Å². The number of halogens is 1. The molecular weight excluding hydrogens is 336 g/mol. The average molecular weight is 357 g/mol. The molecule has 1 fully saturated rings. The van der Waals surface area contributed by atoms with Gasteiger partial charge in [-0.1, -0.05) is 48.0 Å². The van der Waals surface area contributed by atoms with Crippen LogP contribution in [0.2, 0.25) is 5.02 Å². The van der Waals surface area contributed by atoms with Gasteiger partial charge >= 0.3 is 0 Å². The van der Waals surface area contributed by atoms with E-state index < -0.39 is 0 Å². The van der Waals surface area contributed by atoms with Crippen molar-refractivity contribution in [2.75, 3.05) is 13.1 Å². The van der Waals surface area contributed by atoms with Crippen LogP contribution in [-0.4, -0.2) is 35.8 Å². The number of hydrogen-bond acceptors (Lipinski definition) is 2. The summed E-state index contributed by atoms with van der Waals surface area (Å²) < 4.78 is 0. The summed E-state index contributed by atoms with van der Waals surface area (Å²) in [7, 11) is 0. The number of amides is 2. The summed E-state index contributed by atoms with van der Waals surface area (Å²) in [5.41, 5.74) is 1.69. The highest BCUT2D eigenvalue weighted by Crippen LogP contribution is 2.21. The van der Waals surface area contributed by atoms with Crippen molar-refractivity contribution in [3.05, 3.63) is 70.7 Å². The average Bonchev–Trinajstić information content (AvgIpc) is 3.08. The van der Waals surface area contributed by atoms with Gasteiger partial charge < -0.3 is 10.2 Å². The standard InChI is InChI=1S/C20H21ClN2O2/c21-17-9-4-8-16(13-17)20(25)22-14-19(24)23-11-5-10-18(23)12-15-6-2-1-3-7-15/h1-4,6-9,13,18H,5,10-12,14H2,(H,22,25). The number of carbonyl (C=O) groups is 2. The third-order valence-corrected chi connectivity index (χ3v) is 4.73. The van der Waals surface area contributed by atoms with Gasteiger partial charge in [0.1, 0.15) is 0 Å². The predicted octanol–water partition coefficient (Wildman–Crippen LogP) is 3.30. The minimum atomic E-state index is -0.283. The molecule has 4 nitrogen and oxygen atoms in total. The molecule has 0 aliphatic carbocycles. The van der Waals surface area contributed by atoms with Crippen molar-refractivity contribution in [3.8, 4) is 0 Å². The molecule has 2 amide bonds. The second-order valence-corrected chi connectivity index (χ2v) is 6.70. The lowest BCUT2D eigenvalue weighted by Crippen LogP contribution is -2.43. The van der Waals surface area contributed by atoms with Crippen LogP contribution in [0.25, 0.3) is 0 Å². The summed E-state index contributed by atoms with van der Waals surface area (Å²) in [6.07, 6.45) is 2.86. The van der Waals surface area contributed by atoms with Crippen LogP contribution in [0.1, 0.15) is 28.8 Å². The molecule has 5 heteroatoms. The fourth-order valence-electron chi connectivity index (χ4n) is 3.25. The van der Waals surface area contributed by atoms with Crippen LogP contribution in [0.5, 0.6) is 0 Å². The van der Waals surface area contributed by atoms with Gasteiger partial charge in [0, 0.05) is 23.2 Å². The SMILES string of the molecule is O=C(NCC(=O)N1CCCC1Cc1ccccc1)c1cccc(Cl)c1. The second-order valence-electron chi connectivity index (χ2n) is 6.27. The highest BCUT2D eigenvalue weighted by molar-refractivity contribution is 6.30. The molecule has 3 rings (SSSR count). The van der Waals surface area contributed by atoms with Gasteiger partial charge in [-0.3, -0.25) is 9.59 Å². The first-order chi connectivity index (χ1) is 12.1. The minimum absolute atomic E-state index is 0.0106. The van der Waals surface area contributed by atoms with Crippen LogP contribution in [0.3, 0.4) is 0 Å². The highest BCUT2D eigenvalue weighted by atomic mass is 35.5. The number of carbonyl (C=O) groups excluding carboxylic acids is 2. The molecule has 0 spiro atoms. The van der Waals surface area contributed by atoms with Crippen LogP contribution in [0.15, 0.2) is 54.6 Å². The van der Waals surface area contributed by atoms with E-state index in [-0.39, 0.29) is 24.4 Å². The highest BCUT2D eigenvalue weighted by Gasteiger charge is 2.28. The summed E-state index contributed by atoms with van der Waals surface area (Å²) in [4.78, 5) is 26.6. The van der Waals surface area contributed by atoms with Crippen molar-refractivity contribution in [1.29, 1.82) is 0 Å². The van der Waals surface area contributed by atoms with E-state index in [1.165, 1.54) is 5.56 Å². The van der Waals surface area contributed by atoms with E-state index in [2.05, 4.69) is 17.4 Å². The molecule has 0 radical (unpaired) electrons. The lowest BCUT2D eigenvalue weighted by Gasteiger charge is -2.25. The molecule has 25 heavy (non-hydrogen) atoms. The van der Waals surface area contributed by atoms with E-state index >= 15 is 0 Å². The number of likely N-dealkylation sites (tertiary alicyclic amines) is 1. The van der Waals surface area contributed by atoms with Crippen LogP contribution in [-0.2, 0) is 11.2 Å². The molecule has 130 valence electrons. The maximum atomic E-state index is 12.5. The maximum Gasteiger partial charge on any atom is 0.251 e. The van der Waals surface area contributed by atoms with E-state index in [9.17, 15) is 9.59 Å². The Bertz CT molecular complexity index is 748. The van der Waals surface area contributed by atoms with Gasteiger partial charge in [0.25, 0.3) is 5.91 Å². The number of rotatable bonds is 5. The summed E-state index contributed by atoms with van der Waals surface area (Å²) in [5.74, 6) is -0.316. The van der Waals surface area contributed by atoms with Gasteiger partial charge in [0.15, 0.2) is 0 Å². The number of nitrogens with one attached hydrogen (secondary N) is 1. The fraction of sp³-hybridized carbons (Fsp3) is 0.300. The molecule has 1 atom stereocenters. The van der Waals surface area contributed by atoms with Gasteiger partial charge in [-0.25, -0.2) is 0 Å². The van der Waals surface area contributed by atoms with Crippen molar-refractivity contribution in [1.82, 2.24) is 10.2 Å². The van der Waals surface area contributed by atoms with Crippen LogP contribution in [0, 0.1) is 0 Å². The first kappa shape index (κ1) is 17.5. The van der Waals surface area contributed by atoms with Crippen LogP contribution < -0.4 is 5.32 Å². The zero-order valence-electron chi connectivity index (χ0n) is 14.0. The smallest absolute Gasteiger partial charge is 0.251 e. The third-order valence-electron chi connectivity index (χ3n) is 4.50.